The number of halogens is 1. The zero-order chi connectivity index (χ0) is 12.6. The summed E-state index contributed by atoms with van der Waals surface area (Å²) in [6.07, 6.45) is 1.01. The van der Waals surface area contributed by atoms with Gasteiger partial charge in [-0.3, -0.25) is 15.5 Å². The van der Waals surface area contributed by atoms with Crippen LogP contribution in [0.3, 0.4) is 0 Å². The average Bonchev–Trinajstić information content (AvgIpc) is 2.24. The van der Waals surface area contributed by atoms with Gasteiger partial charge in [0.05, 0.1) is 24.3 Å². The summed E-state index contributed by atoms with van der Waals surface area (Å²) in [7, 11) is 0. The highest BCUT2D eigenvalue weighted by molar-refractivity contribution is 6.30. The van der Waals surface area contributed by atoms with E-state index in [-0.39, 0.29) is 24.7 Å². The number of nitrogens with zero attached hydrogens (tertiary/aromatic N) is 2. The molecule has 0 aliphatic heterocycles. The Morgan fingerprint density at radius 3 is 2.75 bits per heavy atom. The van der Waals surface area contributed by atoms with Crippen LogP contribution in [0.5, 0.6) is 0 Å². The zero-order valence-electron chi connectivity index (χ0n) is 8.68. The molecule has 0 aromatic rings. The van der Waals surface area contributed by atoms with Gasteiger partial charge < -0.3 is 14.9 Å². The number of hydrogen-bond donors (Lipinski definition) is 1. The lowest BCUT2D eigenvalue weighted by molar-refractivity contribution is -0.426. The maximum absolute atomic E-state index is 10.9. The molecule has 0 amide bonds. The summed E-state index contributed by atoms with van der Waals surface area (Å²) in [6, 6.07) is 0. The highest BCUT2D eigenvalue weighted by Gasteiger charge is 2.05. The van der Waals surface area contributed by atoms with E-state index in [1.807, 2.05) is 0 Å². The minimum atomic E-state index is -0.771. The van der Waals surface area contributed by atoms with Crippen LogP contribution < -0.4 is 5.73 Å². The molecule has 0 spiro atoms. The lowest BCUT2D eigenvalue weighted by Gasteiger charge is -1.99. The summed E-state index contributed by atoms with van der Waals surface area (Å²) < 4.78 is 4.61. The van der Waals surface area contributed by atoms with E-state index in [0.717, 1.165) is 6.08 Å². The molecular weight excluding hydrogens is 238 g/mol. The highest BCUT2D eigenvalue weighted by Crippen LogP contribution is 1.93. The van der Waals surface area contributed by atoms with Crippen molar-refractivity contribution in [3.8, 4) is 0 Å². The Bertz CT molecular complexity index is 327. The van der Waals surface area contributed by atoms with Gasteiger partial charge in [-0.15, -0.1) is 11.6 Å². The summed E-state index contributed by atoms with van der Waals surface area (Å²) in [5.41, 5.74) is 5.22. The topological polar surface area (TPSA) is 108 Å². The van der Waals surface area contributed by atoms with Gasteiger partial charge in [0, 0.05) is 0 Å². The second-order valence-electron chi connectivity index (χ2n) is 2.57. The van der Waals surface area contributed by atoms with Crippen molar-refractivity contribution >= 4 is 23.3 Å². The van der Waals surface area contributed by atoms with Crippen LogP contribution in [0.1, 0.15) is 6.92 Å². The fraction of sp³-hybridized carbons (Fsp3) is 0.500. The number of esters is 1. The monoisotopic (exact) mass is 249 g/mol. The van der Waals surface area contributed by atoms with Crippen molar-refractivity contribution < 1.29 is 14.5 Å². The van der Waals surface area contributed by atoms with E-state index in [9.17, 15) is 14.9 Å². The summed E-state index contributed by atoms with van der Waals surface area (Å²) in [5.74, 6) is -1.19. The lowest BCUT2D eigenvalue weighted by Crippen LogP contribution is -2.14. The van der Waals surface area contributed by atoms with E-state index in [4.69, 9.17) is 17.3 Å². The Hall–Kier alpha value is -1.63. The first kappa shape index (κ1) is 14.4. The molecule has 0 atom stereocenters. The Kier molecular flexibility index (Phi) is 6.86. The molecule has 8 heteroatoms. The predicted molar refractivity (Wildman–Crippen MR) is 58.9 cm³/mol. The summed E-state index contributed by atoms with van der Waals surface area (Å²) in [5, 5.41) is 10.2. The van der Waals surface area contributed by atoms with Gasteiger partial charge in [-0.2, -0.15) is 0 Å². The molecule has 0 saturated carbocycles. The van der Waals surface area contributed by atoms with Crippen molar-refractivity contribution in [2.75, 3.05) is 19.0 Å². The molecule has 0 unspecified atom stereocenters. The van der Waals surface area contributed by atoms with E-state index in [2.05, 4.69) is 9.73 Å². The van der Waals surface area contributed by atoms with Crippen molar-refractivity contribution in [2.24, 2.45) is 10.7 Å². The Balaban J connectivity index is 4.50. The van der Waals surface area contributed by atoms with Gasteiger partial charge >= 0.3 is 11.8 Å². The molecule has 90 valence electrons. The van der Waals surface area contributed by atoms with Crippen molar-refractivity contribution in [1.82, 2.24) is 0 Å². The van der Waals surface area contributed by atoms with Crippen LogP contribution in [-0.4, -0.2) is 35.6 Å². The molecule has 0 bridgehead atoms. The van der Waals surface area contributed by atoms with Crippen molar-refractivity contribution in [1.29, 1.82) is 0 Å². The number of allylic oxidation sites excluding steroid dienone is 1. The molecule has 0 aliphatic rings. The normalized spacial score (nSPS) is 12.4. The van der Waals surface area contributed by atoms with E-state index in [1.165, 1.54) is 0 Å². The fourth-order valence-corrected chi connectivity index (χ4v) is 0.884. The molecule has 7 nitrogen and oxygen atoms in total. The number of nitro groups is 1. The predicted octanol–water partition coefficient (Wildman–Crippen LogP) is 0.306. The number of carbonyl (C=O) groups excluding carboxylic acids is 1. The second kappa shape index (κ2) is 7.63. The van der Waals surface area contributed by atoms with Gasteiger partial charge in [-0.25, -0.2) is 0 Å². The summed E-state index contributed by atoms with van der Waals surface area (Å²) >= 11 is 5.47. The standard InChI is InChI=1S/C8H12ClN3O4/c1-2-16-8(13)5-11-6(4-9)3-7(10)12(14)15/h3H,2,4-5,10H2,1H3. The van der Waals surface area contributed by atoms with Gasteiger partial charge in [0.25, 0.3) is 0 Å². The van der Waals surface area contributed by atoms with Gasteiger partial charge in [0.1, 0.15) is 6.54 Å². The fourth-order valence-electron chi connectivity index (χ4n) is 0.723. The minimum Gasteiger partial charge on any atom is -0.465 e. The molecular formula is C8H12ClN3O4. The molecule has 0 aliphatic carbocycles. The van der Waals surface area contributed by atoms with Crippen molar-refractivity contribution in [2.45, 2.75) is 6.92 Å². The van der Waals surface area contributed by atoms with Crippen molar-refractivity contribution in [3.63, 3.8) is 0 Å². The third-order valence-corrected chi connectivity index (χ3v) is 1.65. The Labute approximate surface area is 97.1 Å². The molecule has 0 fully saturated rings. The smallest absolute Gasteiger partial charge is 0.327 e. The largest absolute Gasteiger partial charge is 0.465 e. The lowest BCUT2D eigenvalue weighted by atomic mass is 10.4. The number of carbonyl (C=O) groups is 1. The number of alkyl halides is 1. The first-order chi connectivity index (χ1) is 7.51. The van der Waals surface area contributed by atoms with E-state index >= 15 is 0 Å². The molecule has 16 heavy (non-hydrogen) atoms. The molecule has 0 heterocycles. The zero-order valence-corrected chi connectivity index (χ0v) is 9.44. The highest BCUT2D eigenvalue weighted by atomic mass is 35.5. The Morgan fingerprint density at radius 1 is 1.69 bits per heavy atom. The second-order valence-corrected chi connectivity index (χ2v) is 2.84. The molecule has 0 aromatic carbocycles. The van der Waals surface area contributed by atoms with Crippen LogP contribution in [0.2, 0.25) is 0 Å². The van der Waals surface area contributed by atoms with Gasteiger partial charge in [0.15, 0.2) is 0 Å². The summed E-state index contributed by atoms with van der Waals surface area (Å²) in [6.45, 7) is 1.67. The van der Waals surface area contributed by atoms with Crippen LogP contribution in [0.25, 0.3) is 0 Å². The minimum absolute atomic E-state index is 0.0755. The van der Waals surface area contributed by atoms with Gasteiger partial charge in [0.2, 0.25) is 0 Å². The average molecular weight is 250 g/mol. The Morgan fingerprint density at radius 2 is 2.31 bits per heavy atom. The molecule has 2 N–H and O–H groups in total. The van der Waals surface area contributed by atoms with Crippen LogP contribution in [0, 0.1) is 10.1 Å². The van der Waals surface area contributed by atoms with Crippen LogP contribution in [0.15, 0.2) is 16.9 Å². The van der Waals surface area contributed by atoms with Gasteiger partial charge in [-0.1, -0.05) is 0 Å². The van der Waals surface area contributed by atoms with E-state index in [1.54, 1.807) is 6.92 Å². The van der Waals surface area contributed by atoms with E-state index in [0.29, 0.717) is 0 Å². The van der Waals surface area contributed by atoms with Crippen molar-refractivity contribution in [3.05, 3.63) is 22.0 Å². The molecule has 0 rings (SSSR count). The molecule has 0 saturated heterocycles. The SMILES string of the molecule is CCOC(=O)CN=C(C=C(N)[N+](=O)[O-])CCl. The maximum atomic E-state index is 10.9. The first-order valence-corrected chi connectivity index (χ1v) is 4.91. The van der Waals surface area contributed by atoms with E-state index < -0.39 is 16.7 Å². The number of ether oxygens (including phenoxy) is 1. The number of hydrogen-bond acceptors (Lipinski definition) is 6. The molecule has 0 radical (unpaired) electrons. The van der Waals surface area contributed by atoms with Crippen LogP contribution in [-0.2, 0) is 9.53 Å². The van der Waals surface area contributed by atoms with Gasteiger partial charge in [-0.05, 0) is 11.8 Å². The number of rotatable bonds is 6. The maximum Gasteiger partial charge on any atom is 0.327 e. The van der Waals surface area contributed by atoms with Crippen LogP contribution >= 0.6 is 11.6 Å². The van der Waals surface area contributed by atoms with Crippen LogP contribution in [0.4, 0.5) is 0 Å². The third kappa shape index (κ3) is 5.97. The summed E-state index contributed by atoms with van der Waals surface area (Å²) in [4.78, 5) is 24.1. The number of aliphatic imine (C=N–C) groups is 1. The first-order valence-electron chi connectivity index (χ1n) is 4.37. The molecule has 0 aromatic heterocycles. The quantitative estimate of drug-likeness (QED) is 0.240. The number of nitrogens with two attached hydrogens (primary N) is 1. The third-order valence-electron chi connectivity index (χ3n) is 1.38.